The van der Waals surface area contributed by atoms with E-state index in [1.165, 1.54) is 0 Å². The van der Waals surface area contributed by atoms with Crippen molar-refractivity contribution in [3.8, 4) is 0 Å². The van der Waals surface area contributed by atoms with E-state index in [4.69, 9.17) is 5.73 Å². The second-order valence-electron chi connectivity index (χ2n) is 5.17. The molecule has 0 radical (unpaired) electrons. The van der Waals surface area contributed by atoms with Gasteiger partial charge in [-0.05, 0) is 17.9 Å². The number of carbonyl (C=O) groups is 2. The maximum absolute atomic E-state index is 11.7. The third-order valence-corrected chi connectivity index (χ3v) is 2.75. The van der Waals surface area contributed by atoms with Gasteiger partial charge < -0.3 is 11.1 Å². The molecule has 3 N–H and O–H groups in total. The van der Waals surface area contributed by atoms with E-state index in [0.717, 1.165) is 5.56 Å². The Kier molecular flexibility index (Phi) is 6.50. The highest BCUT2D eigenvalue weighted by molar-refractivity contribution is 5.86. The summed E-state index contributed by atoms with van der Waals surface area (Å²) in [4.78, 5) is 23.0. The van der Waals surface area contributed by atoms with Crippen LogP contribution in [0.5, 0.6) is 0 Å². The molecule has 0 bridgehead atoms. The van der Waals surface area contributed by atoms with E-state index in [-0.39, 0.29) is 11.8 Å². The molecule has 1 rings (SSSR count). The summed E-state index contributed by atoms with van der Waals surface area (Å²) in [6.07, 6.45) is 4.55. The Morgan fingerprint density at radius 2 is 1.90 bits per heavy atom. The Morgan fingerprint density at radius 3 is 2.45 bits per heavy atom. The van der Waals surface area contributed by atoms with Crippen LogP contribution >= 0.6 is 0 Å². The molecule has 1 atom stereocenters. The summed E-state index contributed by atoms with van der Waals surface area (Å²) in [6.45, 7) is 3.91. The van der Waals surface area contributed by atoms with E-state index in [0.29, 0.717) is 12.8 Å². The van der Waals surface area contributed by atoms with E-state index in [2.05, 4.69) is 5.32 Å². The van der Waals surface area contributed by atoms with Crippen molar-refractivity contribution >= 4 is 17.9 Å². The number of primary amides is 1. The lowest BCUT2D eigenvalue weighted by molar-refractivity contribution is -0.127. The summed E-state index contributed by atoms with van der Waals surface area (Å²) >= 11 is 0. The summed E-state index contributed by atoms with van der Waals surface area (Å²) in [5.41, 5.74) is 6.35. The van der Waals surface area contributed by atoms with E-state index in [1.54, 1.807) is 0 Å². The number of hydrogen-bond donors (Lipinski definition) is 2. The molecule has 0 unspecified atom stereocenters. The van der Waals surface area contributed by atoms with Gasteiger partial charge in [-0.1, -0.05) is 56.3 Å². The zero-order valence-electron chi connectivity index (χ0n) is 12.0. The first-order valence-electron chi connectivity index (χ1n) is 6.79. The average molecular weight is 274 g/mol. The molecule has 2 amide bonds. The summed E-state index contributed by atoms with van der Waals surface area (Å²) in [7, 11) is 0. The van der Waals surface area contributed by atoms with Crippen LogP contribution in [0.2, 0.25) is 0 Å². The number of carbonyl (C=O) groups excluding carboxylic acids is 2. The molecule has 0 spiro atoms. The fourth-order valence-corrected chi connectivity index (χ4v) is 1.77. The van der Waals surface area contributed by atoms with Gasteiger partial charge in [0.15, 0.2) is 0 Å². The molecule has 4 nitrogen and oxygen atoms in total. The molecule has 1 aromatic carbocycles. The molecule has 0 aliphatic carbocycles. The van der Waals surface area contributed by atoms with Crippen LogP contribution in [0.4, 0.5) is 0 Å². The number of benzene rings is 1. The predicted molar refractivity (Wildman–Crippen MR) is 80.7 cm³/mol. The van der Waals surface area contributed by atoms with Gasteiger partial charge in [0.25, 0.3) is 0 Å². The van der Waals surface area contributed by atoms with E-state index < -0.39 is 11.9 Å². The largest absolute Gasteiger partial charge is 0.368 e. The smallest absolute Gasteiger partial charge is 0.240 e. The van der Waals surface area contributed by atoms with E-state index in [9.17, 15) is 9.59 Å². The van der Waals surface area contributed by atoms with Gasteiger partial charge in [-0.2, -0.15) is 0 Å². The molecular weight excluding hydrogens is 252 g/mol. The Bertz CT molecular complexity index is 467. The summed E-state index contributed by atoms with van der Waals surface area (Å²) in [5.74, 6) is -0.403. The maximum atomic E-state index is 11.7. The van der Waals surface area contributed by atoms with Gasteiger partial charge in [-0.25, -0.2) is 0 Å². The molecule has 0 heterocycles. The molecule has 0 saturated carbocycles. The highest BCUT2D eigenvalue weighted by atomic mass is 16.2. The van der Waals surface area contributed by atoms with E-state index >= 15 is 0 Å². The van der Waals surface area contributed by atoms with Crippen molar-refractivity contribution in [2.24, 2.45) is 11.7 Å². The summed E-state index contributed by atoms with van der Waals surface area (Å²) in [5, 5.41) is 2.67. The highest BCUT2D eigenvalue weighted by Crippen LogP contribution is 2.04. The van der Waals surface area contributed by atoms with Crippen LogP contribution in [0.25, 0.3) is 6.08 Å². The Hall–Kier alpha value is -2.10. The molecule has 0 saturated heterocycles. The van der Waals surface area contributed by atoms with Crippen LogP contribution in [-0.2, 0) is 9.59 Å². The molecule has 0 fully saturated rings. The molecule has 108 valence electrons. The lowest BCUT2D eigenvalue weighted by Gasteiger charge is -2.14. The maximum Gasteiger partial charge on any atom is 0.240 e. The first-order chi connectivity index (χ1) is 9.49. The van der Waals surface area contributed by atoms with Gasteiger partial charge in [0.1, 0.15) is 6.04 Å². The number of nitrogens with two attached hydrogens (primary N) is 1. The molecule has 1 aromatic rings. The SMILES string of the molecule is CC(C)CC(=O)N[C@@H](C/C=C/c1ccccc1)C(N)=O. The minimum Gasteiger partial charge on any atom is -0.368 e. The van der Waals surface area contributed by atoms with Gasteiger partial charge in [0, 0.05) is 6.42 Å². The average Bonchev–Trinajstić information content (AvgIpc) is 2.37. The minimum absolute atomic E-state index is 0.142. The van der Waals surface area contributed by atoms with Crippen LogP contribution in [0.1, 0.15) is 32.3 Å². The zero-order chi connectivity index (χ0) is 15.0. The summed E-state index contributed by atoms with van der Waals surface area (Å²) < 4.78 is 0. The molecule has 0 aromatic heterocycles. The quantitative estimate of drug-likeness (QED) is 0.799. The van der Waals surface area contributed by atoms with Crippen molar-refractivity contribution in [1.29, 1.82) is 0 Å². The Labute approximate surface area is 120 Å². The monoisotopic (exact) mass is 274 g/mol. The van der Waals surface area contributed by atoms with Gasteiger partial charge in [-0.15, -0.1) is 0 Å². The van der Waals surface area contributed by atoms with E-state index in [1.807, 2.05) is 56.3 Å². The molecule has 20 heavy (non-hydrogen) atoms. The van der Waals surface area contributed by atoms with Crippen molar-refractivity contribution in [3.05, 3.63) is 42.0 Å². The Balaban J connectivity index is 2.53. The van der Waals surface area contributed by atoms with Crippen molar-refractivity contribution in [1.82, 2.24) is 5.32 Å². The normalized spacial score (nSPS) is 12.6. The Morgan fingerprint density at radius 1 is 1.25 bits per heavy atom. The van der Waals surface area contributed by atoms with Crippen LogP contribution in [-0.4, -0.2) is 17.9 Å². The first-order valence-corrected chi connectivity index (χ1v) is 6.79. The van der Waals surface area contributed by atoms with Crippen molar-refractivity contribution in [2.75, 3.05) is 0 Å². The molecule has 4 heteroatoms. The van der Waals surface area contributed by atoms with Gasteiger partial charge in [0.2, 0.25) is 11.8 Å². The molecular formula is C16H22N2O2. The third-order valence-electron chi connectivity index (χ3n) is 2.75. The van der Waals surface area contributed by atoms with Crippen molar-refractivity contribution in [3.63, 3.8) is 0 Å². The lowest BCUT2D eigenvalue weighted by Crippen LogP contribution is -2.44. The van der Waals surface area contributed by atoms with Crippen LogP contribution < -0.4 is 11.1 Å². The molecule has 0 aliphatic rings. The van der Waals surface area contributed by atoms with Crippen LogP contribution in [0.3, 0.4) is 0 Å². The zero-order valence-corrected chi connectivity index (χ0v) is 12.0. The predicted octanol–water partition coefficient (Wildman–Crippen LogP) is 2.11. The lowest BCUT2D eigenvalue weighted by atomic mass is 10.1. The standard InChI is InChI=1S/C16H22N2O2/c1-12(2)11-15(19)18-14(16(17)20)10-6-9-13-7-4-3-5-8-13/h3-9,12,14H,10-11H2,1-2H3,(H2,17,20)(H,18,19)/b9-6+/t14-/m0/s1. The van der Waals surface area contributed by atoms with Crippen LogP contribution in [0.15, 0.2) is 36.4 Å². The second kappa shape index (κ2) is 8.15. The highest BCUT2D eigenvalue weighted by Gasteiger charge is 2.16. The van der Waals surface area contributed by atoms with Gasteiger partial charge in [-0.3, -0.25) is 9.59 Å². The minimum atomic E-state index is -0.652. The second-order valence-corrected chi connectivity index (χ2v) is 5.17. The fraction of sp³-hybridized carbons (Fsp3) is 0.375. The fourth-order valence-electron chi connectivity index (χ4n) is 1.77. The number of amides is 2. The molecule has 0 aliphatic heterocycles. The number of nitrogens with one attached hydrogen (secondary N) is 1. The topological polar surface area (TPSA) is 72.2 Å². The first kappa shape index (κ1) is 16.0. The number of hydrogen-bond acceptors (Lipinski definition) is 2. The number of rotatable bonds is 7. The van der Waals surface area contributed by atoms with Crippen molar-refractivity contribution < 1.29 is 9.59 Å². The van der Waals surface area contributed by atoms with Gasteiger partial charge >= 0.3 is 0 Å². The summed E-state index contributed by atoms with van der Waals surface area (Å²) in [6, 6.07) is 9.10. The van der Waals surface area contributed by atoms with Crippen LogP contribution in [0, 0.1) is 5.92 Å². The third kappa shape index (κ3) is 6.18. The van der Waals surface area contributed by atoms with Crippen molar-refractivity contribution in [2.45, 2.75) is 32.7 Å². The van der Waals surface area contributed by atoms with Gasteiger partial charge in [0.05, 0.1) is 0 Å².